The molecule has 0 heterocycles. The maximum atomic E-state index is 11.5. The summed E-state index contributed by atoms with van der Waals surface area (Å²) in [6.07, 6.45) is 1.23. The number of likely N-dealkylation sites (N-methyl/N-ethyl adjacent to an activating group) is 1. The van der Waals surface area contributed by atoms with E-state index in [4.69, 9.17) is 15.2 Å². The topological polar surface area (TPSA) is 73.6 Å². The molecular weight excluding hydrogens is 268 g/mol. The van der Waals surface area contributed by atoms with Crippen LogP contribution in [0.25, 0.3) is 0 Å². The van der Waals surface area contributed by atoms with E-state index in [0.29, 0.717) is 18.8 Å². The van der Waals surface area contributed by atoms with Crippen LogP contribution in [0, 0.1) is 0 Å². The van der Waals surface area contributed by atoms with Crippen LogP contribution >= 0.6 is 0 Å². The average molecular weight is 294 g/mol. The molecule has 1 aromatic carbocycles. The molecule has 0 aromatic heterocycles. The maximum Gasteiger partial charge on any atom is 0.237 e. The fraction of sp³-hybridized carbons (Fsp3) is 0.562. The van der Waals surface area contributed by atoms with E-state index in [-0.39, 0.29) is 6.10 Å². The van der Waals surface area contributed by atoms with Crippen LogP contribution in [0.1, 0.15) is 33.6 Å². The Morgan fingerprint density at radius 1 is 1.38 bits per heavy atom. The van der Waals surface area contributed by atoms with Gasteiger partial charge in [0.15, 0.2) is 11.5 Å². The van der Waals surface area contributed by atoms with Crippen molar-refractivity contribution in [2.45, 2.75) is 45.3 Å². The van der Waals surface area contributed by atoms with Crippen LogP contribution in [0.5, 0.6) is 11.5 Å². The van der Waals surface area contributed by atoms with Crippen LogP contribution < -0.4 is 20.5 Å². The highest BCUT2D eigenvalue weighted by atomic mass is 16.5. The third kappa shape index (κ3) is 4.93. The fourth-order valence-electron chi connectivity index (χ4n) is 2.04. The van der Waals surface area contributed by atoms with Crippen molar-refractivity contribution in [3.05, 3.63) is 24.3 Å². The number of amides is 1. The first-order chi connectivity index (χ1) is 9.92. The molecule has 3 N–H and O–H groups in total. The molecule has 5 nitrogen and oxygen atoms in total. The number of rotatable bonds is 9. The normalized spacial score (nSPS) is 15.0. The lowest BCUT2D eigenvalue weighted by atomic mass is 9.94. The predicted octanol–water partition coefficient (Wildman–Crippen LogP) is 2.10. The number of primary amides is 1. The van der Waals surface area contributed by atoms with Gasteiger partial charge in [-0.2, -0.15) is 0 Å². The van der Waals surface area contributed by atoms with Gasteiger partial charge in [-0.15, -0.1) is 0 Å². The third-order valence-corrected chi connectivity index (χ3v) is 3.43. The SMILES string of the molecule is CCCOc1ccccc1OC(C)CC(C)(NC)C(N)=O. The zero-order valence-corrected chi connectivity index (χ0v) is 13.3. The van der Waals surface area contributed by atoms with Crippen LogP contribution in [-0.4, -0.2) is 31.2 Å². The summed E-state index contributed by atoms with van der Waals surface area (Å²) in [6, 6.07) is 7.54. The number of hydrogen-bond donors (Lipinski definition) is 2. The molecule has 1 aromatic rings. The molecule has 5 heteroatoms. The minimum absolute atomic E-state index is 0.179. The highest BCUT2D eigenvalue weighted by Crippen LogP contribution is 2.28. The van der Waals surface area contributed by atoms with E-state index in [2.05, 4.69) is 12.2 Å². The summed E-state index contributed by atoms with van der Waals surface area (Å²) < 4.78 is 11.6. The van der Waals surface area contributed by atoms with Crippen molar-refractivity contribution in [3.63, 3.8) is 0 Å². The Morgan fingerprint density at radius 3 is 2.52 bits per heavy atom. The van der Waals surface area contributed by atoms with Gasteiger partial charge in [-0.1, -0.05) is 19.1 Å². The second-order valence-electron chi connectivity index (χ2n) is 5.37. The van der Waals surface area contributed by atoms with Crippen molar-refractivity contribution in [1.82, 2.24) is 5.32 Å². The second kappa shape index (κ2) is 7.88. The summed E-state index contributed by atoms with van der Waals surface area (Å²) in [6.45, 7) is 6.38. The summed E-state index contributed by atoms with van der Waals surface area (Å²) in [5.41, 5.74) is 4.64. The number of ether oxygens (including phenoxy) is 2. The maximum absolute atomic E-state index is 11.5. The molecule has 0 spiro atoms. The molecule has 1 rings (SSSR count). The molecule has 118 valence electrons. The van der Waals surface area contributed by atoms with E-state index in [1.807, 2.05) is 31.2 Å². The van der Waals surface area contributed by atoms with Crippen LogP contribution in [0.2, 0.25) is 0 Å². The molecule has 0 bridgehead atoms. The number of carbonyl (C=O) groups excluding carboxylic acids is 1. The summed E-state index contributed by atoms with van der Waals surface area (Å²) >= 11 is 0. The average Bonchev–Trinajstić information content (AvgIpc) is 2.45. The Bertz CT molecular complexity index is 465. The van der Waals surface area contributed by atoms with Gasteiger partial charge >= 0.3 is 0 Å². The van der Waals surface area contributed by atoms with E-state index in [0.717, 1.165) is 12.2 Å². The lowest BCUT2D eigenvalue weighted by Gasteiger charge is -2.29. The number of para-hydroxylation sites is 2. The van der Waals surface area contributed by atoms with Crippen molar-refractivity contribution in [1.29, 1.82) is 0 Å². The molecule has 0 fully saturated rings. The molecule has 21 heavy (non-hydrogen) atoms. The third-order valence-electron chi connectivity index (χ3n) is 3.43. The van der Waals surface area contributed by atoms with Gasteiger partial charge in [-0.25, -0.2) is 0 Å². The molecule has 0 aliphatic carbocycles. The van der Waals surface area contributed by atoms with Crippen LogP contribution in [0.4, 0.5) is 0 Å². The van der Waals surface area contributed by atoms with E-state index in [9.17, 15) is 4.79 Å². The van der Waals surface area contributed by atoms with Crippen molar-refractivity contribution in [2.24, 2.45) is 5.73 Å². The Balaban J connectivity index is 2.74. The molecule has 0 saturated carbocycles. The van der Waals surface area contributed by atoms with Gasteiger partial charge in [-0.05, 0) is 39.4 Å². The quantitative estimate of drug-likeness (QED) is 0.731. The highest BCUT2D eigenvalue weighted by Gasteiger charge is 2.31. The molecule has 0 radical (unpaired) electrons. The predicted molar refractivity (Wildman–Crippen MR) is 83.6 cm³/mol. The zero-order chi connectivity index (χ0) is 15.9. The van der Waals surface area contributed by atoms with Crippen molar-refractivity contribution in [3.8, 4) is 11.5 Å². The number of nitrogens with two attached hydrogens (primary N) is 1. The first-order valence-corrected chi connectivity index (χ1v) is 7.30. The summed E-state index contributed by atoms with van der Waals surface area (Å²) in [5.74, 6) is 1.01. The van der Waals surface area contributed by atoms with E-state index >= 15 is 0 Å². The van der Waals surface area contributed by atoms with Gasteiger partial charge in [0, 0.05) is 6.42 Å². The molecule has 0 aliphatic heterocycles. The Labute approximate surface area is 126 Å². The number of nitrogens with one attached hydrogen (secondary N) is 1. The number of hydrogen-bond acceptors (Lipinski definition) is 4. The molecule has 1 amide bonds. The van der Waals surface area contributed by atoms with Gasteiger partial charge in [0.25, 0.3) is 0 Å². The minimum Gasteiger partial charge on any atom is -0.490 e. The van der Waals surface area contributed by atoms with Gasteiger partial charge in [0.1, 0.15) is 0 Å². The van der Waals surface area contributed by atoms with Gasteiger partial charge < -0.3 is 20.5 Å². The Morgan fingerprint density at radius 2 is 2.00 bits per heavy atom. The summed E-state index contributed by atoms with van der Waals surface area (Å²) in [4.78, 5) is 11.5. The highest BCUT2D eigenvalue weighted by molar-refractivity contribution is 5.84. The number of carbonyl (C=O) groups is 1. The van der Waals surface area contributed by atoms with E-state index in [1.165, 1.54) is 0 Å². The molecule has 2 atom stereocenters. The molecule has 2 unspecified atom stereocenters. The van der Waals surface area contributed by atoms with Crippen LogP contribution in [0.15, 0.2) is 24.3 Å². The first kappa shape index (κ1) is 17.3. The lowest BCUT2D eigenvalue weighted by molar-refractivity contribution is -0.124. The number of benzene rings is 1. The fourth-order valence-corrected chi connectivity index (χ4v) is 2.04. The largest absolute Gasteiger partial charge is 0.490 e. The van der Waals surface area contributed by atoms with Crippen LogP contribution in [0.3, 0.4) is 0 Å². The van der Waals surface area contributed by atoms with Gasteiger partial charge in [-0.3, -0.25) is 4.79 Å². The minimum atomic E-state index is -0.793. The van der Waals surface area contributed by atoms with E-state index in [1.54, 1.807) is 14.0 Å². The monoisotopic (exact) mass is 294 g/mol. The smallest absolute Gasteiger partial charge is 0.237 e. The van der Waals surface area contributed by atoms with Gasteiger partial charge in [0.2, 0.25) is 5.91 Å². The Kier molecular flexibility index (Phi) is 6.49. The first-order valence-electron chi connectivity index (χ1n) is 7.30. The molecule has 0 aliphatic rings. The molecular formula is C16H26N2O3. The Hall–Kier alpha value is -1.75. The lowest BCUT2D eigenvalue weighted by Crippen LogP contribution is -2.53. The standard InChI is InChI=1S/C16H26N2O3/c1-5-10-20-13-8-6-7-9-14(13)21-12(2)11-16(3,18-4)15(17)19/h6-9,12,18H,5,10-11H2,1-4H3,(H2,17,19). The van der Waals surface area contributed by atoms with Gasteiger partial charge in [0.05, 0.1) is 18.2 Å². The summed E-state index contributed by atoms with van der Waals surface area (Å²) in [5, 5.41) is 2.96. The van der Waals surface area contributed by atoms with Crippen molar-refractivity contribution >= 4 is 5.91 Å². The van der Waals surface area contributed by atoms with Crippen molar-refractivity contribution in [2.75, 3.05) is 13.7 Å². The van der Waals surface area contributed by atoms with E-state index < -0.39 is 11.4 Å². The zero-order valence-electron chi connectivity index (χ0n) is 13.3. The molecule has 0 saturated heterocycles. The van der Waals surface area contributed by atoms with Crippen LogP contribution in [-0.2, 0) is 4.79 Å². The second-order valence-corrected chi connectivity index (χ2v) is 5.37. The summed E-state index contributed by atoms with van der Waals surface area (Å²) in [7, 11) is 1.72. The van der Waals surface area contributed by atoms with Crippen molar-refractivity contribution < 1.29 is 14.3 Å².